The predicted molar refractivity (Wildman–Crippen MR) is 71.0 cm³/mol. The first-order chi connectivity index (χ1) is 8.74. The van der Waals surface area contributed by atoms with E-state index in [-0.39, 0.29) is 12.0 Å². The molecule has 0 aromatic heterocycles. The predicted octanol–water partition coefficient (Wildman–Crippen LogP) is 1.31. The summed E-state index contributed by atoms with van der Waals surface area (Å²) in [6.45, 7) is 6.59. The average Bonchev–Trinajstić information content (AvgIpc) is 2.28. The van der Waals surface area contributed by atoms with Gasteiger partial charge in [0.2, 0.25) is 0 Å². The van der Waals surface area contributed by atoms with Crippen molar-refractivity contribution in [3.8, 4) is 0 Å². The van der Waals surface area contributed by atoms with Crippen LogP contribution in [0.5, 0.6) is 0 Å². The van der Waals surface area contributed by atoms with Gasteiger partial charge in [-0.15, -0.1) is 0 Å². The van der Waals surface area contributed by atoms with Crippen LogP contribution in [0, 0.1) is 5.92 Å². The third kappa shape index (κ3) is 4.70. The molecule has 110 valence electrons. The lowest BCUT2D eigenvalue weighted by molar-refractivity contribution is -0.141. The average molecular weight is 272 g/mol. The van der Waals surface area contributed by atoms with Gasteiger partial charge in [-0.25, -0.2) is 4.79 Å². The number of aliphatic carboxylic acids is 1. The van der Waals surface area contributed by atoms with Crippen molar-refractivity contribution < 1.29 is 19.4 Å². The second-order valence-corrected chi connectivity index (χ2v) is 5.91. The van der Waals surface area contributed by atoms with Gasteiger partial charge in [0.05, 0.1) is 0 Å². The number of rotatable bonds is 3. The molecular formula is C13H24N2O4. The molecule has 1 aliphatic heterocycles. The Labute approximate surface area is 114 Å². The van der Waals surface area contributed by atoms with Crippen molar-refractivity contribution >= 4 is 12.1 Å². The second-order valence-electron chi connectivity index (χ2n) is 5.91. The van der Waals surface area contributed by atoms with E-state index in [2.05, 4.69) is 5.32 Å². The third-order valence-electron chi connectivity index (χ3n) is 3.24. The van der Waals surface area contributed by atoms with Gasteiger partial charge in [-0.2, -0.15) is 0 Å². The minimum absolute atomic E-state index is 0.0567. The van der Waals surface area contributed by atoms with E-state index in [9.17, 15) is 9.59 Å². The van der Waals surface area contributed by atoms with Crippen LogP contribution in [0.25, 0.3) is 0 Å². The Bertz CT molecular complexity index is 330. The van der Waals surface area contributed by atoms with Crippen LogP contribution in [0.3, 0.4) is 0 Å². The quantitative estimate of drug-likeness (QED) is 0.809. The number of carbonyl (C=O) groups excluding carboxylic acids is 1. The molecule has 1 aliphatic rings. The Morgan fingerprint density at radius 1 is 1.32 bits per heavy atom. The standard InChI is InChI=1S/C13H24N2O4/c1-13(2,3)19-12(18)15-7-5-9(6-8-15)10(14-4)11(16)17/h9-10,14H,5-8H2,1-4H3,(H,16,17). The van der Waals surface area contributed by atoms with Crippen molar-refractivity contribution in [3.63, 3.8) is 0 Å². The lowest BCUT2D eigenvalue weighted by Crippen LogP contribution is -2.48. The minimum atomic E-state index is -0.835. The first-order valence-electron chi connectivity index (χ1n) is 6.62. The third-order valence-corrected chi connectivity index (χ3v) is 3.24. The molecule has 0 aliphatic carbocycles. The summed E-state index contributed by atoms with van der Waals surface area (Å²) in [4.78, 5) is 24.6. The molecule has 0 spiro atoms. The van der Waals surface area contributed by atoms with Crippen molar-refractivity contribution in [2.45, 2.75) is 45.3 Å². The highest BCUT2D eigenvalue weighted by Crippen LogP contribution is 2.22. The molecule has 1 rings (SSSR count). The van der Waals surface area contributed by atoms with Crippen molar-refractivity contribution in [3.05, 3.63) is 0 Å². The van der Waals surface area contributed by atoms with Gasteiger partial charge in [0.15, 0.2) is 0 Å². The first kappa shape index (κ1) is 15.8. The number of nitrogens with one attached hydrogen (secondary N) is 1. The number of likely N-dealkylation sites (tertiary alicyclic amines) is 1. The van der Waals surface area contributed by atoms with Gasteiger partial charge in [0.25, 0.3) is 0 Å². The highest BCUT2D eigenvalue weighted by molar-refractivity contribution is 5.74. The lowest BCUT2D eigenvalue weighted by atomic mass is 9.89. The van der Waals surface area contributed by atoms with E-state index in [1.807, 2.05) is 20.8 Å². The highest BCUT2D eigenvalue weighted by atomic mass is 16.6. The van der Waals surface area contributed by atoms with Crippen LogP contribution in [0.4, 0.5) is 4.79 Å². The molecule has 6 heteroatoms. The second kappa shape index (κ2) is 6.23. The van der Waals surface area contributed by atoms with Crippen LogP contribution in [-0.2, 0) is 9.53 Å². The molecule has 0 radical (unpaired) electrons. The maximum Gasteiger partial charge on any atom is 0.410 e. The summed E-state index contributed by atoms with van der Waals surface area (Å²) in [5, 5.41) is 11.9. The summed E-state index contributed by atoms with van der Waals surface area (Å²) >= 11 is 0. The Morgan fingerprint density at radius 2 is 1.84 bits per heavy atom. The van der Waals surface area contributed by atoms with Crippen LogP contribution in [0.2, 0.25) is 0 Å². The van der Waals surface area contributed by atoms with E-state index >= 15 is 0 Å². The Morgan fingerprint density at radius 3 is 2.21 bits per heavy atom. The summed E-state index contributed by atoms with van der Waals surface area (Å²) < 4.78 is 5.30. The van der Waals surface area contributed by atoms with Crippen molar-refractivity contribution in [1.82, 2.24) is 10.2 Å². The van der Waals surface area contributed by atoms with Gasteiger partial charge in [-0.05, 0) is 46.6 Å². The van der Waals surface area contributed by atoms with Crippen LogP contribution in [0.1, 0.15) is 33.6 Å². The van der Waals surface area contributed by atoms with E-state index < -0.39 is 17.6 Å². The number of hydrogen-bond donors (Lipinski definition) is 2. The van der Waals surface area contributed by atoms with E-state index in [1.54, 1.807) is 11.9 Å². The maximum absolute atomic E-state index is 11.9. The fraction of sp³-hybridized carbons (Fsp3) is 0.846. The summed E-state index contributed by atoms with van der Waals surface area (Å²) in [5.74, 6) is -0.778. The normalized spacial score (nSPS) is 19.1. The van der Waals surface area contributed by atoms with Crippen LogP contribution in [-0.4, -0.2) is 53.8 Å². The zero-order chi connectivity index (χ0) is 14.6. The minimum Gasteiger partial charge on any atom is -0.480 e. The van der Waals surface area contributed by atoms with Crippen molar-refractivity contribution in [2.75, 3.05) is 20.1 Å². The molecule has 6 nitrogen and oxygen atoms in total. The fourth-order valence-corrected chi connectivity index (χ4v) is 2.30. The van der Waals surface area contributed by atoms with Gasteiger partial charge in [-0.1, -0.05) is 0 Å². The Hall–Kier alpha value is -1.30. The Kier molecular flexibility index (Phi) is 5.17. The topological polar surface area (TPSA) is 78.9 Å². The lowest BCUT2D eigenvalue weighted by Gasteiger charge is -2.35. The van der Waals surface area contributed by atoms with Gasteiger partial charge in [0.1, 0.15) is 11.6 Å². The number of amides is 1. The molecule has 1 unspecified atom stereocenters. The molecule has 1 amide bonds. The largest absolute Gasteiger partial charge is 0.480 e. The number of ether oxygens (including phenoxy) is 1. The molecular weight excluding hydrogens is 248 g/mol. The molecule has 19 heavy (non-hydrogen) atoms. The number of carbonyl (C=O) groups is 2. The molecule has 0 aromatic carbocycles. The summed E-state index contributed by atoms with van der Waals surface area (Å²) in [5.41, 5.74) is -0.498. The molecule has 0 saturated carbocycles. The number of hydrogen-bond acceptors (Lipinski definition) is 4. The fourth-order valence-electron chi connectivity index (χ4n) is 2.30. The summed E-state index contributed by atoms with van der Waals surface area (Å²) in [6.07, 6.45) is 1.04. The molecule has 2 N–H and O–H groups in total. The molecule has 1 atom stereocenters. The van der Waals surface area contributed by atoms with Gasteiger partial charge in [-0.3, -0.25) is 4.79 Å². The molecule has 0 bridgehead atoms. The van der Waals surface area contributed by atoms with Crippen LogP contribution >= 0.6 is 0 Å². The number of carboxylic acid groups (broad SMARTS) is 1. The van der Waals surface area contributed by atoms with Crippen molar-refractivity contribution in [1.29, 1.82) is 0 Å². The SMILES string of the molecule is CNC(C(=O)O)C1CCN(C(=O)OC(C)(C)C)CC1. The van der Waals surface area contributed by atoms with Crippen LogP contribution in [0.15, 0.2) is 0 Å². The van der Waals surface area contributed by atoms with Gasteiger partial charge in [0, 0.05) is 13.1 Å². The monoisotopic (exact) mass is 272 g/mol. The maximum atomic E-state index is 11.9. The number of nitrogens with zero attached hydrogens (tertiary/aromatic N) is 1. The zero-order valence-electron chi connectivity index (χ0n) is 12.1. The number of carboxylic acids is 1. The van der Waals surface area contributed by atoms with Crippen LogP contribution < -0.4 is 5.32 Å². The van der Waals surface area contributed by atoms with Crippen molar-refractivity contribution in [2.24, 2.45) is 5.92 Å². The first-order valence-corrected chi connectivity index (χ1v) is 6.62. The Balaban J connectivity index is 2.49. The summed E-state index contributed by atoms with van der Waals surface area (Å²) in [6, 6.07) is -0.541. The van der Waals surface area contributed by atoms with E-state index in [0.29, 0.717) is 25.9 Å². The molecule has 1 fully saturated rings. The highest BCUT2D eigenvalue weighted by Gasteiger charge is 2.32. The molecule has 1 saturated heterocycles. The smallest absolute Gasteiger partial charge is 0.410 e. The van der Waals surface area contributed by atoms with E-state index in [4.69, 9.17) is 9.84 Å². The zero-order valence-corrected chi connectivity index (χ0v) is 12.1. The van der Waals surface area contributed by atoms with E-state index in [0.717, 1.165) is 0 Å². The van der Waals surface area contributed by atoms with Gasteiger partial charge < -0.3 is 20.1 Å². The number of piperidine rings is 1. The van der Waals surface area contributed by atoms with Gasteiger partial charge >= 0.3 is 12.1 Å². The summed E-state index contributed by atoms with van der Waals surface area (Å²) in [7, 11) is 1.65. The molecule has 1 heterocycles. The van der Waals surface area contributed by atoms with E-state index in [1.165, 1.54) is 0 Å². The molecule has 0 aromatic rings. The number of likely N-dealkylation sites (N-methyl/N-ethyl adjacent to an activating group) is 1.